The van der Waals surface area contributed by atoms with E-state index < -0.39 is 34.4 Å². The third-order valence-corrected chi connectivity index (χ3v) is 9.64. The highest BCUT2D eigenvalue weighted by molar-refractivity contribution is 7.92. The molecule has 4 aromatic carbocycles. The van der Waals surface area contributed by atoms with Crippen LogP contribution in [0.3, 0.4) is 0 Å². The Morgan fingerprint density at radius 1 is 0.694 bits per heavy atom. The van der Waals surface area contributed by atoms with E-state index in [1.54, 1.807) is 36.4 Å². The molecule has 0 aliphatic carbocycles. The highest BCUT2D eigenvalue weighted by atomic mass is 32.2. The third kappa shape index (κ3) is 8.54. The van der Waals surface area contributed by atoms with Gasteiger partial charge in [0.05, 0.1) is 46.1 Å². The van der Waals surface area contributed by atoms with Crippen LogP contribution in [0.5, 0.6) is 28.7 Å². The monoisotopic (exact) mass is 691 g/mol. The normalized spacial score (nSPS) is 11.6. The van der Waals surface area contributed by atoms with Gasteiger partial charge in [0.1, 0.15) is 29.8 Å². The molecule has 0 aliphatic heterocycles. The Bertz CT molecular complexity index is 1850. The van der Waals surface area contributed by atoms with Crippen molar-refractivity contribution in [3.8, 4) is 28.7 Å². The molecule has 0 saturated heterocycles. The van der Waals surface area contributed by atoms with Crippen molar-refractivity contribution in [2.24, 2.45) is 0 Å². The van der Waals surface area contributed by atoms with E-state index in [1.807, 2.05) is 30.3 Å². The quantitative estimate of drug-likeness (QED) is 0.183. The van der Waals surface area contributed by atoms with E-state index in [1.165, 1.54) is 71.8 Å². The number of carbonyl (C=O) groups excluding carboxylic acids is 2. The van der Waals surface area contributed by atoms with Crippen LogP contribution in [0.15, 0.2) is 95.9 Å². The summed E-state index contributed by atoms with van der Waals surface area (Å²) in [4.78, 5) is 29.4. The van der Waals surface area contributed by atoms with E-state index in [4.69, 9.17) is 23.7 Å². The fourth-order valence-electron chi connectivity index (χ4n) is 5.30. The van der Waals surface area contributed by atoms with Crippen LogP contribution in [0.25, 0.3) is 0 Å². The summed E-state index contributed by atoms with van der Waals surface area (Å²) in [5.74, 6) is 0.481. The first-order valence-corrected chi connectivity index (χ1v) is 16.7. The van der Waals surface area contributed by atoms with Crippen LogP contribution < -0.4 is 33.3 Å². The minimum absolute atomic E-state index is 0.0273. The number of ether oxygens (including phenoxy) is 5. The van der Waals surface area contributed by atoms with Gasteiger partial charge in [-0.1, -0.05) is 42.5 Å². The van der Waals surface area contributed by atoms with Gasteiger partial charge in [0.15, 0.2) is 11.5 Å². The van der Waals surface area contributed by atoms with Crippen molar-refractivity contribution in [2.75, 3.05) is 53.4 Å². The number of rotatable bonds is 16. The van der Waals surface area contributed by atoms with E-state index in [0.29, 0.717) is 22.8 Å². The van der Waals surface area contributed by atoms with Gasteiger partial charge in [-0.3, -0.25) is 13.9 Å². The molecule has 1 atom stereocenters. The maximum absolute atomic E-state index is 14.7. The van der Waals surface area contributed by atoms with Crippen molar-refractivity contribution >= 4 is 27.5 Å². The van der Waals surface area contributed by atoms with E-state index >= 15 is 0 Å². The van der Waals surface area contributed by atoms with Gasteiger partial charge in [-0.2, -0.15) is 0 Å². The number of sulfonamides is 1. The van der Waals surface area contributed by atoms with Gasteiger partial charge >= 0.3 is 0 Å². The standard InChI is InChI=1S/C36H41N3O9S/c1-37-36(41)31(20-25-11-8-7-9-12-25)38(23-26-13-10-14-27(19-26)44-2)35(40)24-39(30-21-28(45-3)15-17-32(30)46-4)49(42,43)29-16-18-33(47-5)34(22-29)48-6/h7-19,21-22,31H,20,23-24H2,1-6H3,(H,37,41)/t31-/m0/s1. The molecule has 49 heavy (non-hydrogen) atoms. The summed E-state index contributed by atoms with van der Waals surface area (Å²) < 4.78 is 57.2. The molecule has 0 heterocycles. The van der Waals surface area contributed by atoms with Crippen LogP contribution in [0.1, 0.15) is 11.1 Å². The average Bonchev–Trinajstić information content (AvgIpc) is 3.14. The lowest BCUT2D eigenvalue weighted by molar-refractivity contribution is -0.139. The van der Waals surface area contributed by atoms with Gasteiger partial charge in [0, 0.05) is 32.1 Å². The molecule has 0 bridgehead atoms. The number of benzene rings is 4. The molecule has 0 spiro atoms. The predicted octanol–water partition coefficient (Wildman–Crippen LogP) is 4.31. The van der Waals surface area contributed by atoms with Crippen LogP contribution in [0, 0.1) is 0 Å². The van der Waals surface area contributed by atoms with Crippen LogP contribution in [0.4, 0.5) is 5.69 Å². The number of methoxy groups -OCH3 is 5. The molecule has 0 radical (unpaired) electrons. The number of nitrogens with zero attached hydrogens (tertiary/aromatic N) is 2. The van der Waals surface area contributed by atoms with Crippen LogP contribution >= 0.6 is 0 Å². The molecule has 13 heteroatoms. The van der Waals surface area contributed by atoms with Crippen molar-refractivity contribution in [1.29, 1.82) is 0 Å². The molecule has 1 N–H and O–H groups in total. The molecule has 260 valence electrons. The second-order valence-corrected chi connectivity index (χ2v) is 12.6. The first-order chi connectivity index (χ1) is 23.6. The van der Waals surface area contributed by atoms with Gasteiger partial charge in [-0.05, 0) is 47.5 Å². The van der Waals surface area contributed by atoms with Crippen LogP contribution in [-0.2, 0) is 32.6 Å². The Morgan fingerprint density at radius 2 is 1.33 bits per heavy atom. The number of nitrogens with one attached hydrogen (secondary N) is 1. The number of carbonyl (C=O) groups is 2. The summed E-state index contributed by atoms with van der Waals surface area (Å²) in [6.07, 6.45) is 0.168. The van der Waals surface area contributed by atoms with E-state index in [-0.39, 0.29) is 35.0 Å². The molecule has 4 rings (SSSR count). The van der Waals surface area contributed by atoms with E-state index in [0.717, 1.165) is 9.87 Å². The molecule has 0 aliphatic rings. The first kappa shape index (κ1) is 36.4. The lowest BCUT2D eigenvalue weighted by Gasteiger charge is -2.34. The minimum Gasteiger partial charge on any atom is -0.497 e. The Labute approximate surface area is 287 Å². The number of amides is 2. The summed E-state index contributed by atoms with van der Waals surface area (Å²) in [6.45, 7) is -0.729. The SMILES string of the molecule is CNC(=O)[C@H](Cc1ccccc1)N(Cc1cccc(OC)c1)C(=O)CN(c1cc(OC)ccc1OC)S(=O)(=O)c1ccc(OC)c(OC)c1. The fourth-order valence-corrected chi connectivity index (χ4v) is 6.73. The van der Waals surface area contributed by atoms with Crippen molar-refractivity contribution in [1.82, 2.24) is 10.2 Å². The molecule has 0 unspecified atom stereocenters. The lowest BCUT2D eigenvalue weighted by atomic mass is 10.0. The molecule has 2 amide bonds. The second-order valence-electron chi connectivity index (χ2n) is 10.8. The first-order valence-electron chi connectivity index (χ1n) is 15.2. The summed E-state index contributed by atoms with van der Waals surface area (Å²) in [6, 6.07) is 24.1. The summed E-state index contributed by atoms with van der Waals surface area (Å²) >= 11 is 0. The lowest BCUT2D eigenvalue weighted by Crippen LogP contribution is -2.53. The van der Waals surface area contributed by atoms with Crippen molar-refractivity contribution in [3.05, 3.63) is 102 Å². The molecule has 4 aromatic rings. The highest BCUT2D eigenvalue weighted by Crippen LogP contribution is 2.38. The van der Waals surface area contributed by atoms with Gasteiger partial charge < -0.3 is 33.9 Å². The smallest absolute Gasteiger partial charge is 0.265 e. The van der Waals surface area contributed by atoms with E-state index in [9.17, 15) is 18.0 Å². The predicted molar refractivity (Wildman–Crippen MR) is 185 cm³/mol. The van der Waals surface area contributed by atoms with Crippen molar-refractivity contribution in [3.63, 3.8) is 0 Å². The zero-order chi connectivity index (χ0) is 35.6. The molecular formula is C36H41N3O9S. The summed E-state index contributed by atoms with van der Waals surface area (Å²) in [5.41, 5.74) is 1.53. The van der Waals surface area contributed by atoms with Gasteiger partial charge in [0.2, 0.25) is 11.8 Å². The number of hydrogen-bond donors (Lipinski definition) is 1. The van der Waals surface area contributed by atoms with Crippen molar-refractivity contribution in [2.45, 2.75) is 23.9 Å². The number of hydrogen-bond acceptors (Lipinski definition) is 9. The average molecular weight is 692 g/mol. The van der Waals surface area contributed by atoms with Gasteiger partial charge in [-0.15, -0.1) is 0 Å². The largest absolute Gasteiger partial charge is 0.497 e. The van der Waals surface area contributed by atoms with Crippen LogP contribution in [-0.4, -0.2) is 80.3 Å². The topological polar surface area (TPSA) is 133 Å². The Balaban J connectivity index is 1.89. The molecule has 0 fully saturated rings. The molecule has 0 aromatic heterocycles. The maximum Gasteiger partial charge on any atom is 0.265 e. The number of anilines is 1. The second kappa shape index (κ2) is 16.6. The Kier molecular flexibility index (Phi) is 12.3. The summed E-state index contributed by atoms with van der Waals surface area (Å²) in [7, 11) is 4.19. The van der Waals surface area contributed by atoms with E-state index in [2.05, 4.69) is 5.32 Å². The van der Waals surface area contributed by atoms with Gasteiger partial charge in [-0.25, -0.2) is 8.42 Å². The fraction of sp³-hybridized carbons (Fsp3) is 0.278. The Hall–Kier alpha value is -5.43. The number of likely N-dealkylation sites (N-methyl/N-ethyl adjacent to an activating group) is 1. The third-order valence-electron chi connectivity index (χ3n) is 7.88. The van der Waals surface area contributed by atoms with Crippen LogP contribution in [0.2, 0.25) is 0 Å². The summed E-state index contributed by atoms with van der Waals surface area (Å²) in [5, 5.41) is 2.68. The zero-order valence-electron chi connectivity index (χ0n) is 28.3. The molecule has 0 saturated carbocycles. The minimum atomic E-state index is -4.50. The van der Waals surface area contributed by atoms with Gasteiger partial charge in [0.25, 0.3) is 10.0 Å². The zero-order valence-corrected chi connectivity index (χ0v) is 29.2. The van der Waals surface area contributed by atoms with Crippen molar-refractivity contribution < 1.29 is 41.7 Å². The molecular weight excluding hydrogens is 650 g/mol. The maximum atomic E-state index is 14.7. The Morgan fingerprint density at radius 3 is 1.96 bits per heavy atom. The highest BCUT2D eigenvalue weighted by Gasteiger charge is 2.36. The molecule has 12 nitrogen and oxygen atoms in total.